The molecule has 1 aromatic carbocycles. The summed E-state index contributed by atoms with van der Waals surface area (Å²) in [5.41, 5.74) is 6.82. The van der Waals surface area contributed by atoms with Crippen molar-refractivity contribution in [2.45, 2.75) is 12.5 Å². The number of hydrogen-bond acceptors (Lipinski definition) is 4. The number of fused-ring (bicyclic) bond motifs is 1. The third-order valence-electron chi connectivity index (χ3n) is 2.63. The van der Waals surface area contributed by atoms with Crippen LogP contribution in [0.15, 0.2) is 36.5 Å². The molecule has 2 aromatic rings. The zero-order valence-corrected chi connectivity index (χ0v) is 8.63. The SMILES string of the molecule is Nc1ccnc(C2Cc3ccccc3O2)n1. The van der Waals surface area contributed by atoms with Crippen molar-refractivity contribution in [1.82, 2.24) is 9.97 Å². The number of benzene rings is 1. The Bertz CT molecular complexity index is 502. The van der Waals surface area contributed by atoms with Gasteiger partial charge in [-0.05, 0) is 17.7 Å². The van der Waals surface area contributed by atoms with Crippen molar-refractivity contribution >= 4 is 5.82 Å². The first-order chi connectivity index (χ1) is 7.83. The van der Waals surface area contributed by atoms with E-state index >= 15 is 0 Å². The van der Waals surface area contributed by atoms with Crippen LogP contribution in [0.1, 0.15) is 17.5 Å². The molecule has 3 rings (SSSR count). The molecule has 0 saturated carbocycles. The second-order valence-corrected chi connectivity index (χ2v) is 3.76. The van der Waals surface area contributed by atoms with Crippen molar-refractivity contribution in [2.75, 3.05) is 5.73 Å². The van der Waals surface area contributed by atoms with Crippen LogP contribution in [0.5, 0.6) is 5.75 Å². The number of hydrogen-bond donors (Lipinski definition) is 1. The molecule has 0 aliphatic carbocycles. The minimum Gasteiger partial charge on any atom is -0.482 e. The van der Waals surface area contributed by atoms with Crippen LogP contribution in [0.2, 0.25) is 0 Å². The van der Waals surface area contributed by atoms with E-state index in [0.29, 0.717) is 11.6 Å². The molecule has 2 N–H and O–H groups in total. The maximum Gasteiger partial charge on any atom is 0.171 e. The number of nitrogens with two attached hydrogens (primary N) is 1. The van der Waals surface area contributed by atoms with Gasteiger partial charge in [-0.3, -0.25) is 0 Å². The van der Waals surface area contributed by atoms with Crippen LogP contribution in [-0.2, 0) is 6.42 Å². The van der Waals surface area contributed by atoms with Crippen LogP contribution < -0.4 is 10.5 Å². The molecule has 0 bridgehead atoms. The van der Waals surface area contributed by atoms with E-state index in [9.17, 15) is 0 Å². The van der Waals surface area contributed by atoms with Gasteiger partial charge < -0.3 is 10.5 Å². The summed E-state index contributed by atoms with van der Waals surface area (Å²) in [7, 11) is 0. The average Bonchev–Trinajstić information content (AvgIpc) is 2.72. The Balaban J connectivity index is 1.91. The highest BCUT2D eigenvalue weighted by molar-refractivity contribution is 5.38. The van der Waals surface area contributed by atoms with Crippen LogP contribution in [-0.4, -0.2) is 9.97 Å². The lowest BCUT2D eigenvalue weighted by Crippen LogP contribution is -2.09. The van der Waals surface area contributed by atoms with Gasteiger partial charge in [0.05, 0.1) is 0 Å². The zero-order chi connectivity index (χ0) is 11.0. The largest absolute Gasteiger partial charge is 0.482 e. The molecule has 2 heterocycles. The van der Waals surface area contributed by atoms with Gasteiger partial charge in [-0.1, -0.05) is 18.2 Å². The lowest BCUT2D eigenvalue weighted by Gasteiger charge is -2.08. The molecule has 16 heavy (non-hydrogen) atoms. The molecule has 0 radical (unpaired) electrons. The van der Waals surface area contributed by atoms with Gasteiger partial charge in [-0.2, -0.15) is 0 Å². The number of anilines is 1. The van der Waals surface area contributed by atoms with E-state index in [-0.39, 0.29) is 6.10 Å². The van der Waals surface area contributed by atoms with Gasteiger partial charge in [0.15, 0.2) is 11.9 Å². The lowest BCUT2D eigenvalue weighted by atomic mass is 10.1. The summed E-state index contributed by atoms with van der Waals surface area (Å²) in [6.45, 7) is 0. The molecular weight excluding hydrogens is 202 g/mol. The fourth-order valence-corrected chi connectivity index (χ4v) is 1.87. The Morgan fingerprint density at radius 2 is 2.12 bits per heavy atom. The summed E-state index contributed by atoms with van der Waals surface area (Å²) in [5, 5.41) is 0. The predicted molar refractivity (Wildman–Crippen MR) is 60.0 cm³/mol. The number of rotatable bonds is 1. The average molecular weight is 213 g/mol. The molecule has 80 valence electrons. The Labute approximate surface area is 93.1 Å². The summed E-state index contributed by atoms with van der Waals surface area (Å²) in [6, 6.07) is 9.65. The van der Waals surface area contributed by atoms with Crippen molar-refractivity contribution in [1.29, 1.82) is 0 Å². The second kappa shape index (κ2) is 3.48. The fourth-order valence-electron chi connectivity index (χ4n) is 1.87. The summed E-state index contributed by atoms with van der Waals surface area (Å²) in [6.07, 6.45) is 2.35. The fraction of sp³-hybridized carbons (Fsp3) is 0.167. The van der Waals surface area contributed by atoms with Crippen LogP contribution in [0.4, 0.5) is 5.82 Å². The topological polar surface area (TPSA) is 61.0 Å². The van der Waals surface area contributed by atoms with E-state index in [2.05, 4.69) is 16.0 Å². The molecule has 1 unspecified atom stereocenters. The van der Waals surface area contributed by atoms with E-state index in [1.165, 1.54) is 5.56 Å². The first-order valence-corrected chi connectivity index (χ1v) is 5.16. The lowest BCUT2D eigenvalue weighted by molar-refractivity contribution is 0.227. The minimum atomic E-state index is -0.110. The molecule has 1 aliphatic heterocycles. The summed E-state index contributed by atoms with van der Waals surface area (Å²) >= 11 is 0. The predicted octanol–water partition coefficient (Wildman–Crippen LogP) is 1.74. The highest BCUT2D eigenvalue weighted by Crippen LogP contribution is 2.34. The van der Waals surface area contributed by atoms with Crippen LogP contribution in [0.25, 0.3) is 0 Å². The molecular formula is C12H11N3O. The molecule has 0 amide bonds. The Kier molecular flexibility index (Phi) is 1.99. The van der Waals surface area contributed by atoms with Gasteiger partial charge in [0, 0.05) is 12.6 Å². The van der Waals surface area contributed by atoms with Gasteiger partial charge in [-0.15, -0.1) is 0 Å². The van der Waals surface area contributed by atoms with E-state index in [1.54, 1.807) is 12.3 Å². The number of para-hydroxylation sites is 1. The maximum absolute atomic E-state index is 5.77. The quantitative estimate of drug-likeness (QED) is 0.783. The smallest absolute Gasteiger partial charge is 0.171 e. The summed E-state index contributed by atoms with van der Waals surface area (Å²) in [5.74, 6) is 2.04. The van der Waals surface area contributed by atoms with Crippen LogP contribution in [0, 0.1) is 0 Å². The van der Waals surface area contributed by atoms with Gasteiger partial charge in [0.1, 0.15) is 11.6 Å². The highest BCUT2D eigenvalue weighted by atomic mass is 16.5. The zero-order valence-electron chi connectivity index (χ0n) is 8.63. The van der Waals surface area contributed by atoms with E-state index in [4.69, 9.17) is 10.5 Å². The molecule has 4 nitrogen and oxygen atoms in total. The highest BCUT2D eigenvalue weighted by Gasteiger charge is 2.25. The number of nitrogen functional groups attached to an aromatic ring is 1. The van der Waals surface area contributed by atoms with Crippen molar-refractivity contribution in [3.63, 3.8) is 0 Å². The van der Waals surface area contributed by atoms with Crippen LogP contribution in [0.3, 0.4) is 0 Å². The van der Waals surface area contributed by atoms with E-state index < -0.39 is 0 Å². The molecule has 1 aliphatic rings. The van der Waals surface area contributed by atoms with E-state index in [1.807, 2.05) is 18.2 Å². The van der Waals surface area contributed by atoms with Crippen LogP contribution >= 0.6 is 0 Å². The monoisotopic (exact) mass is 213 g/mol. The Hall–Kier alpha value is -2.10. The standard InChI is InChI=1S/C12H11N3O/c13-11-5-6-14-12(15-11)10-7-8-3-1-2-4-9(8)16-10/h1-6,10H,7H2,(H2,13,14,15). The molecule has 0 fully saturated rings. The summed E-state index contributed by atoms with van der Waals surface area (Å²) < 4.78 is 5.77. The number of aromatic nitrogens is 2. The Morgan fingerprint density at radius 3 is 2.94 bits per heavy atom. The normalized spacial score (nSPS) is 17.9. The number of ether oxygens (including phenoxy) is 1. The molecule has 0 saturated heterocycles. The van der Waals surface area contributed by atoms with E-state index in [0.717, 1.165) is 12.2 Å². The third-order valence-corrected chi connectivity index (χ3v) is 2.63. The van der Waals surface area contributed by atoms with Gasteiger partial charge in [0.25, 0.3) is 0 Å². The maximum atomic E-state index is 5.77. The second-order valence-electron chi connectivity index (χ2n) is 3.76. The minimum absolute atomic E-state index is 0.110. The molecule has 0 spiro atoms. The molecule has 1 atom stereocenters. The van der Waals surface area contributed by atoms with Crippen molar-refractivity contribution in [2.24, 2.45) is 0 Å². The van der Waals surface area contributed by atoms with Crippen molar-refractivity contribution in [3.05, 3.63) is 47.9 Å². The Morgan fingerprint density at radius 1 is 1.25 bits per heavy atom. The first-order valence-electron chi connectivity index (χ1n) is 5.16. The summed E-state index contributed by atoms with van der Waals surface area (Å²) in [4.78, 5) is 8.37. The molecule has 4 heteroatoms. The van der Waals surface area contributed by atoms with Gasteiger partial charge in [-0.25, -0.2) is 9.97 Å². The molecule has 1 aromatic heterocycles. The van der Waals surface area contributed by atoms with Crippen molar-refractivity contribution < 1.29 is 4.74 Å². The number of nitrogens with zero attached hydrogens (tertiary/aromatic N) is 2. The van der Waals surface area contributed by atoms with Gasteiger partial charge in [0.2, 0.25) is 0 Å². The first kappa shape index (κ1) is 9.15. The van der Waals surface area contributed by atoms with Crippen molar-refractivity contribution in [3.8, 4) is 5.75 Å². The van der Waals surface area contributed by atoms with Gasteiger partial charge >= 0.3 is 0 Å². The third kappa shape index (κ3) is 1.48.